The minimum atomic E-state index is 0.164. The second-order valence-corrected chi connectivity index (χ2v) is 6.72. The first-order chi connectivity index (χ1) is 10.6. The van der Waals surface area contributed by atoms with Gasteiger partial charge in [-0.2, -0.15) is 0 Å². The highest BCUT2D eigenvalue weighted by Crippen LogP contribution is 2.31. The molecule has 3 heteroatoms. The van der Waals surface area contributed by atoms with Crippen molar-refractivity contribution < 1.29 is 4.79 Å². The molecule has 0 saturated carbocycles. The van der Waals surface area contributed by atoms with Gasteiger partial charge >= 0.3 is 0 Å². The van der Waals surface area contributed by atoms with E-state index in [1.165, 1.54) is 0 Å². The number of carbonyl (C=O) groups is 1. The molecule has 0 spiro atoms. The summed E-state index contributed by atoms with van der Waals surface area (Å²) < 4.78 is 0. The molecule has 0 fully saturated rings. The molecule has 0 aromatic heterocycles. The lowest BCUT2D eigenvalue weighted by molar-refractivity contribution is 0.103. The summed E-state index contributed by atoms with van der Waals surface area (Å²) in [5.74, 6) is 1.11. The average Bonchev–Trinajstić information content (AvgIpc) is 2.68. The molecule has 0 amide bonds. The molecule has 1 aliphatic heterocycles. The highest BCUT2D eigenvalue weighted by molar-refractivity contribution is 7.99. The van der Waals surface area contributed by atoms with E-state index in [4.69, 9.17) is 0 Å². The van der Waals surface area contributed by atoms with E-state index >= 15 is 0 Å². The Morgan fingerprint density at radius 3 is 2.50 bits per heavy atom. The van der Waals surface area contributed by atoms with Gasteiger partial charge in [-0.25, -0.2) is 0 Å². The molecule has 2 nitrogen and oxygen atoms in total. The van der Waals surface area contributed by atoms with E-state index in [-0.39, 0.29) is 5.78 Å². The van der Waals surface area contributed by atoms with Crippen molar-refractivity contribution in [2.45, 2.75) is 11.3 Å². The average molecular weight is 309 g/mol. The smallest absolute Gasteiger partial charge is 0.190 e. The summed E-state index contributed by atoms with van der Waals surface area (Å²) in [6, 6.07) is 16.2. The number of fused-ring (bicyclic) bond motifs is 1. The summed E-state index contributed by atoms with van der Waals surface area (Å²) in [6.07, 6.45) is 2.85. The third kappa shape index (κ3) is 3.09. The van der Waals surface area contributed by atoms with E-state index in [1.54, 1.807) is 11.8 Å². The summed E-state index contributed by atoms with van der Waals surface area (Å²) >= 11 is 1.77. The van der Waals surface area contributed by atoms with Crippen molar-refractivity contribution in [1.82, 2.24) is 0 Å². The third-order valence-electron chi connectivity index (χ3n) is 3.80. The summed E-state index contributed by atoms with van der Waals surface area (Å²) in [7, 11) is 4.05. The lowest BCUT2D eigenvalue weighted by Gasteiger charge is -2.12. The van der Waals surface area contributed by atoms with Crippen molar-refractivity contribution >= 4 is 29.3 Å². The number of allylic oxidation sites excluding steroid dienone is 1. The van der Waals surface area contributed by atoms with Crippen LogP contribution in [0.25, 0.3) is 6.08 Å². The fourth-order valence-electron chi connectivity index (χ4n) is 2.55. The van der Waals surface area contributed by atoms with Crippen LogP contribution in [-0.2, 0) is 0 Å². The zero-order chi connectivity index (χ0) is 15.5. The van der Waals surface area contributed by atoms with Gasteiger partial charge in [0.05, 0.1) is 0 Å². The lowest BCUT2D eigenvalue weighted by Crippen LogP contribution is -2.08. The number of hydrogen-bond donors (Lipinski definition) is 0. The molecular formula is C19H19NOS. The molecule has 1 heterocycles. The van der Waals surface area contributed by atoms with Crippen LogP contribution < -0.4 is 4.90 Å². The van der Waals surface area contributed by atoms with Gasteiger partial charge in [0.1, 0.15) is 0 Å². The maximum Gasteiger partial charge on any atom is 0.190 e. The first kappa shape index (κ1) is 14.9. The van der Waals surface area contributed by atoms with Crippen molar-refractivity contribution in [3.05, 3.63) is 65.2 Å². The van der Waals surface area contributed by atoms with Crippen LogP contribution in [0.1, 0.15) is 22.3 Å². The van der Waals surface area contributed by atoms with Crippen molar-refractivity contribution in [1.29, 1.82) is 0 Å². The molecule has 1 aliphatic rings. The summed E-state index contributed by atoms with van der Waals surface area (Å²) in [5.41, 5.74) is 3.98. The number of nitrogens with zero attached hydrogens (tertiary/aromatic N) is 1. The van der Waals surface area contributed by atoms with Gasteiger partial charge in [-0.1, -0.05) is 24.3 Å². The summed E-state index contributed by atoms with van der Waals surface area (Å²) in [5, 5.41) is 0. The molecule has 0 unspecified atom stereocenters. The molecule has 0 N–H and O–H groups in total. The fraction of sp³-hybridized carbons (Fsp3) is 0.211. The number of rotatable bonds is 2. The Hall–Kier alpha value is -2.00. The van der Waals surface area contributed by atoms with E-state index in [0.29, 0.717) is 0 Å². The molecule has 0 atom stereocenters. The first-order valence-corrected chi connectivity index (χ1v) is 8.38. The molecule has 3 rings (SSSR count). The second kappa shape index (κ2) is 6.41. The van der Waals surface area contributed by atoms with Gasteiger partial charge in [0, 0.05) is 41.6 Å². The Balaban J connectivity index is 1.92. The Kier molecular flexibility index (Phi) is 4.34. The number of ketones is 1. The topological polar surface area (TPSA) is 20.3 Å². The predicted molar refractivity (Wildman–Crippen MR) is 94.9 cm³/mol. The second-order valence-electron chi connectivity index (χ2n) is 5.58. The number of benzene rings is 2. The normalized spacial score (nSPS) is 16.3. The quantitative estimate of drug-likeness (QED) is 0.761. The SMILES string of the molecule is CN(C)c1ccc(C=C2CCSc3ccccc3C2=O)cc1. The Morgan fingerprint density at radius 2 is 1.77 bits per heavy atom. The fourth-order valence-corrected chi connectivity index (χ4v) is 3.58. The van der Waals surface area contributed by atoms with Crippen LogP contribution in [0.3, 0.4) is 0 Å². The van der Waals surface area contributed by atoms with Gasteiger partial charge in [-0.15, -0.1) is 11.8 Å². The molecule has 22 heavy (non-hydrogen) atoms. The molecular weight excluding hydrogens is 290 g/mol. The van der Waals surface area contributed by atoms with E-state index in [9.17, 15) is 4.79 Å². The Labute approximate surface area is 135 Å². The van der Waals surface area contributed by atoms with Gasteiger partial charge in [0.2, 0.25) is 0 Å². The van der Waals surface area contributed by atoms with Crippen molar-refractivity contribution in [3.8, 4) is 0 Å². The van der Waals surface area contributed by atoms with Crippen LogP contribution >= 0.6 is 11.8 Å². The van der Waals surface area contributed by atoms with Gasteiger partial charge in [-0.3, -0.25) is 4.79 Å². The summed E-state index contributed by atoms with van der Waals surface area (Å²) in [4.78, 5) is 15.9. The molecule has 112 valence electrons. The van der Waals surface area contributed by atoms with Gasteiger partial charge < -0.3 is 4.90 Å². The first-order valence-electron chi connectivity index (χ1n) is 7.39. The number of thioether (sulfide) groups is 1. The van der Waals surface area contributed by atoms with E-state index in [1.807, 2.05) is 44.4 Å². The lowest BCUT2D eigenvalue weighted by atomic mass is 9.99. The zero-order valence-electron chi connectivity index (χ0n) is 12.9. The summed E-state index contributed by atoms with van der Waals surface area (Å²) in [6.45, 7) is 0. The van der Waals surface area contributed by atoms with Crippen LogP contribution in [0.15, 0.2) is 59.0 Å². The molecule has 0 saturated heterocycles. The Bertz CT molecular complexity index is 716. The number of carbonyl (C=O) groups excluding carboxylic acids is 1. The molecule has 0 radical (unpaired) electrons. The predicted octanol–water partition coefficient (Wildman–Crippen LogP) is 4.51. The standard InChI is InChI=1S/C19H19NOS/c1-20(2)16-9-7-14(8-10-16)13-15-11-12-22-18-6-4-3-5-17(18)19(15)21/h3-10,13H,11-12H2,1-2H3. The highest BCUT2D eigenvalue weighted by atomic mass is 32.2. The van der Waals surface area contributed by atoms with E-state index in [0.717, 1.165) is 39.5 Å². The molecule has 0 aliphatic carbocycles. The zero-order valence-corrected chi connectivity index (χ0v) is 13.7. The maximum absolute atomic E-state index is 12.7. The van der Waals surface area contributed by atoms with E-state index in [2.05, 4.69) is 29.2 Å². The molecule has 2 aromatic rings. The van der Waals surface area contributed by atoms with Crippen LogP contribution in [0, 0.1) is 0 Å². The van der Waals surface area contributed by atoms with Gasteiger partial charge in [0.25, 0.3) is 0 Å². The van der Waals surface area contributed by atoms with Gasteiger partial charge in [0.15, 0.2) is 5.78 Å². The highest BCUT2D eigenvalue weighted by Gasteiger charge is 2.19. The minimum Gasteiger partial charge on any atom is -0.378 e. The largest absolute Gasteiger partial charge is 0.378 e. The number of anilines is 1. The number of hydrogen-bond acceptors (Lipinski definition) is 3. The van der Waals surface area contributed by atoms with Crippen molar-refractivity contribution in [3.63, 3.8) is 0 Å². The van der Waals surface area contributed by atoms with Crippen LogP contribution in [-0.4, -0.2) is 25.6 Å². The minimum absolute atomic E-state index is 0.164. The molecule has 0 bridgehead atoms. The van der Waals surface area contributed by atoms with E-state index < -0.39 is 0 Å². The molecule has 2 aromatic carbocycles. The monoisotopic (exact) mass is 309 g/mol. The maximum atomic E-state index is 12.7. The Morgan fingerprint density at radius 1 is 1.05 bits per heavy atom. The third-order valence-corrected chi connectivity index (χ3v) is 4.88. The van der Waals surface area contributed by atoms with Crippen molar-refractivity contribution in [2.24, 2.45) is 0 Å². The van der Waals surface area contributed by atoms with Crippen LogP contribution in [0.2, 0.25) is 0 Å². The number of Topliss-reactive ketones (excluding diaryl/α,β-unsaturated/α-hetero) is 1. The van der Waals surface area contributed by atoms with Gasteiger partial charge in [-0.05, 0) is 42.3 Å². The van der Waals surface area contributed by atoms with Crippen molar-refractivity contribution in [2.75, 3.05) is 24.7 Å². The van der Waals surface area contributed by atoms with Crippen LogP contribution in [0.4, 0.5) is 5.69 Å². The van der Waals surface area contributed by atoms with Crippen LogP contribution in [0.5, 0.6) is 0 Å².